The third kappa shape index (κ3) is 4.73. The fourth-order valence-corrected chi connectivity index (χ4v) is 6.98. The lowest BCUT2D eigenvalue weighted by molar-refractivity contribution is -0.0503. The maximum Gasteiger partial charge on any atom is 0.253 e. The monoisotopic (exact) mass is 453 g/mol. The van der Waals surface area contributed by atoms with Crippen molar-refractivity contribution in [2.45, 2.75) is 51.4 Å². The van der Waals surface area contributed by atoms with E-state index in [1.165, 1.54) is 38.5 Å². The van der Waals surface area contributed by atoms with Gasteiger partial charge in [-0.1, -0.05) is 11.6 Å². The van der Waals surface area contributed by atoms with Crippen molar-refractivity contribution in [3.63, 3.8) is 0 Å². The summed E-state index contributed by atoms with van der Waals surface area (Å²) < 4.78 is 5.89. The molecule has 1 amide bonds. The molecule has 166 valence electrons. The highest BCUT2D eigenvalue weighted by Gasteiger charge is 2.50. The van der Waals surface area contributed by atoms with Crippen molar-refractivity contribution in [1.82, 2.24) is 15.6 Å². The van der Waals surface area contributed by atoms with E-state index in [4.69, 9.17) is 16.3 Å². The quantitative estimate of drug-likeness (QED) is 0.666. The summed E-state index contributed by atoms with van der Waals surface area (Å²) in [6, 6.07) is 1.71. The van der Waals surface area contributed by atoms with E-state index < -0.39 is 0 Å². The van der Waals surface area contributed by atoms with E-state index in [0.29, 0.717) is 34.4 Å². The van der Waals surface area contributed by atoms with Crippen LogP contribution in [0.25, 0.3) is 0 Å². The van der Waals surface area contributed by atoms with E-state index in [-0.39, 0.29) is 18.3 Å². The largest absolute Gasteiger partial charge is 0.477 e. The van der Waals surface area contributed by atoms with Crippen LogP contribution in [0.3, 0.4) is 0 Å². The van der Waals surface area contributed by atoms with E-state index in [9.17, 15) is 4.79 Å². The molecule has 0 radical (unpaired) electrons. The number of carbonyl (C=O) groups is 1. The number of hydrogen-bond acceptors (Lipinski definition) is 4. The van der Waals surface area contributed by atoms with Crippen molar-refractivity contribution in [1.29, 1.82) is 0 Å². The SMILES string of the molecule is Cl.O=C(NCC12CC3CC(CC(C3)C1)C2)c1cc(OCC2CCNCC2)ncc1Cl. The molecule has 0 unspecified atom stereocenters. The van der Waals surface area contributed by atoms with E-state index in [2.05, 4.69) is 15.6 Å². The molecular weight excluding hydrogens is 421 g/mol. The number of nitrogens with one attached hydrogen (secondary N) is 2. The van der Waals surface area contributed by atoms with Gasteiger partial charge in [0.1, 0.15) is 0 Å². The molecule has 1 saturated heterocycles. The second-order valence-electron chi connectivity index (χ2n) is 10.1. The van der Waals surface area contributed by atoms with Gasteiger partial charge in [-0.2, -0.15) is 0 Å². The summed E-state index contributed by atoms with van der Waals surface area (Å²) >= 11 is 6.31. The Morgan fingerprint density at radius 2 is 1.80 bits per heavy atom. The highest BCUT2D eigenvalue weighted by atomic mass is 35.5. The number of ether oxygens (including phenoxy) is 1. The summed E-state index contributed by atoms with van der Waals surface area (Å²) in [7, 11) is 0. The molecule has 7 heteroatoms. The topological polar surface area (TPSA) is 63.2 Å². The first-order valence-electron chi connectivity index (χ1n) is 11.4. The second-order valence-corrected chi connectivity index (χ2v) is 10.5. The lowest BCUT2D eigenvalue weighted by atomic mass is 9.49. The zero-order valence-electron chi connectivity index (χ0n) is 17.5. The van der Waals surface area contributed by atoms with Crippen LogP contribution < -0.4 is 15.4 Å². The molecule has 4 aliphatic carbocycles. The smallest absolute Gasteiger partial charge is 0.253 e. The Morgan fingerprint density at radius 3 is 2.43 bits per heavy atom. The molecule has 6 rings (SSSR count). The van der Waals surface area contributed by atoms with Gasteiger partial charge in [0.2, 0.25) is 5.88 Å². The van der Waals surface area contributed by atoms with Crippen molar-refractivity contribution in [2.75, 3.05) is 26.2 Å². The summed E-state index contributed by atoms with van der Waals surface area (Å²) in [4.78, 5) is 17.2. The normalized spacial score (nSPS) is 32.5. The number of amides is 1. The molecule has 2 heterocycles. The van der Waals surface area contributed by atoms with Gasteiger partial charge in [-0.15, -0.1) is 12.4 Å². The molecule has 1 aromatic heterocycles. The first kappa shape index (κ1) is 22.2. The van der Waals surface area contributed by atoms with Crippen molar-refractivity contribution in [3.05, 3.63) is 22.8 Å². The van der Waals surface area contributed by atoms with Crippen molar-refractivity contribution in [2.24, 2.45) is 29.1 Å². The fourth-order valence-electron chi connectivity index (χ4n) is 6.79. The Hall–Kier alpha value is -1.04. The summed E-state index contributed by atoms with van der Waals surface area (Å²) in [5, 5.41) is 6.97. The first-order valence-corrected chi connectivity index (χ1v) is 11.7. The predicted octanol–water partition coefficient (Wildman–Crippen LogP) is 4.48. The standard InChI is InChI=1S/C23H32ClN3O2.ClH/c24-20-12-26-21(29-13-15-1-3-25-4-2-15)8-19(20)22(28)27-14-23-9-16-5-17(10-23)7-18(6-16)11-23;/h8,12,15-18,25H,1-7,9-11,13-14H2,(H,27,28);1H. The molecule has 1 aromatic rings. The minimum absolute atomic E-state index is 0. The Morgan fingerprint density at radius 1 is 1.17 bits per heavy atom. The van der Waals surface area contributed by atoms with Crippen LogP contribution in [0.5, 0.6) is 5.88 Å². The average molecular weight is 454 g/mol. The minimum atomic E-state index is -0.0974. The fraction of sp³-hybridized carbons (Fsp3) is 0.739. The average Bonchev–Trinajstić information content (AvgIpc) is 2.71. The van der Waals surface area contributed by atoms with Crippen molar-refractivity contribution in [3.8, 4) is 5.88 Å². The van der Waals surface area contributed by atoms with Gasteiger partial charge in [0.15, 0.2) is 0 Å². The number of pyridine rings is 1. The maximum atomic E-state index is 12.9. The molecule has 5 nitrogen and oxygen atoms in total. The number of aromatic nitrogens is 1. The van der Waals surface area contributed by atoms with Crippen LogP contribution in [0, 0.1) is 29.1 Å². The van der Waals surface area contributed by atoms with Gasteiger partial charge in [0.05, 0.1) is 23.4 Å². The van der Waals surface area contributed by atoms with Crippen molar-refractivity contribution < 1.29 is 9.53 Å². The van der Waals surface area contributed by atoms with Crippen LogP contribution in [-0.2, 0) is 0 Å². The highest BCUT2D eigenvalue weighted by molar-refractivity contribution is 6.33. The second kappa shape index (κ2) is 9.22. The number of hydrogen-bond donors (Lipinski definition) is 2. The molecular formula is C23H33Cl2N3O2. The van der Waals surface area contributed by atoms with Crippen LogP contribution in [0.1, 0.15) is 61.7 Å². The number of piperidine rings is 1. The van der Waals surface area contributed by atoms with Crippen LogP contribution in [0.4, 0.5) is 0 Å². The van der Waals surface area contributed by atoms with Gasteiger partial charge in [-0.05, 0) is 93.5 Å². The molecule has 5 fully saturated rings. The lowest BCUT2D eigenvalue weighted by Gasteiger charge is -2.56. The van der Waals surface area contributed by atoms with Crippen molar-refractivity contribution >= 4 is 29.9 Å². The molecule has 0 aromatic carbocycles. The van der Waals surface area contributed by atoms with E-state index in [1.807, 2.05) is 0 Å². The molecule has 30 heavy (non-hydrogen) atoms. The molecule has 1 aliphatic heterocycles. The summed E-state index contributed by atoms with van der Waals surface area (Å²) in [5.74, 6) is 3.60. The maximum absolute atomic E-state index is 12.9. The van der Waals surface area contributed by atoms with Crippen LogP contribution in [0.2, 0.25) is 5.02 Å². The van der Waals surface area contributed by atoms with Gasteiger partial charge in [-0.25, -0.2) is 4.98 Å². The third-order valence-electron chi connectivity index (χ3n) is 7.79. The summed E-state index contributed by atoms with van der Waals surface area (Å²) in [6.45, 7) is 3.50. The third-order valence-corrected chi connectivity index (χ3v) is 8.09. The van der Waals surface area contributed by atoms with E-state index >= 15 is 0 Å². The minimum Gasteiger partial charge on any atom is -0.477 e. The highest BCUT2D eigenvalue weighted by Crippen LogP contribution is 2.59. The molecule has 4 saturated carbocycles. The van der Waals surface area contributed by atoms with E-state index in [0.717, 1.165) is 50.2 Å². The van der Waals surface area contributed by atoms with Gasteiger partial charge in [0, 0.05) is 12.6 Å². The lowest BCUT2D eigenvalue weighted by Crippen LogP contribution is -2.51. The zero-order valence-corrected chi connectivity index (χ0v) is 19.1. The number of rotatable bonds is 6. The first-order chi connectivity index (χ1) is 14.1. The van der Waals surface area contributed by atoms with Gasteiger partial charge < -0.3 is 15.4 Å². The number of halogens is 2. The number of nitrogens with zero attached hydrogens (tertiary/aromatic N) is 1. The van der Waals surface area contributed by atoms with Crippen LogP contribution in [-0.4, -0.2) is 37.1 Å². The van der Waals surface area contributed by atoms with Gasteiger partial charge in [0.25, 0.3) is 5.91 Å². The zero-order chi connectivity index (χ0) is 19.8. The Labute approximate surface area is 190 Å². The molecule has 5 aliphatic rings. The predicted molar refractivity (Wildman–Crippen MR) is 121 cm³/mol. The van der Waals surface area contributed by atoms with Gasteiger partial charge in [-0.3, -0.25) is 4.79 Å². The summed E-state index contributed by atoms with van der Waals surface area (Å²) in [6.07, 6.45) is 11.9. The van der Waals surface area contributed by atoms with E-state index in [1.54, 1.807) is 12.3 Å². The Balaban J connectivity index is 0.00000218. The molecule has 0 atom stereocenters. The van der Waals surface area contributed by atoms with Gasteiger partial charge >= 0.3 is 0 Å². The molecule has 4 bridgehead atoms. The Kier molecular flexibility index (Phi) is 6.81. The number of carbonyl (C=O) groups excluding carboxylic acids is 1. The summed E-state index contributed by atoms with van der Waals surface area (Å²) in [5.41, 5.74) is 0.796. The Bertz CT molecular complexity index is 732. The molecule has 0 spiro atoms. The molecule has 2 N–H and O–H groups in total. The van der Waals surface area contributed by atoms with Crippen LogP contribution >= 0.6 is 24.0 Å². The van der Waals surface area contributed by atoms with Crippen LogP contribution in [0.15, 0.2) is 12.3 Å².